The van der Waals surface area contributed by atoms with Gasteiger partial charge in [-0.2, -0.15) is 8.42 Å². The second kappa shape index (κ2) is 16.8. The normalized spacial score (nSPS) is 10.4. The molecule has 174 valence electrons. The molecule has 0 aliphatic carbocycles. The van der Waals surface area contributed by atoms with Gasteiger partial charge in [-0.3, -0.25) is 4.55 Å². The van der Waals surface area contributed by atoms with Crippen LogP contribution in [0.4, 0.5) is 11.4 Å². The van der Waals surface area contributed by atoms with Crippen molar-refractivity contribution in [3.8, 4) is 5.75 Å². The van der Waals surface area contributed by atoms with Gasteiger partial charge in [0, 0.05) is 16.4 Å². The van der Waals surface area contributed by atoms with E-state index in [9.17, 15) is 8.42 Å². The van der Waals surface area contributed by atoms with Crippen LogP contribution < -0.4 is 75.3 Å². The van der Waals surface area contributed by atoms with E-state index in [0.717, 1.165) is 22.5 Å². The molecule has 0 aliphatic rings. The summed E-state index contributed by atoms with van der Waals surface area (Å²) in [4.78, 5) is 0. The molecule has 3 aromatic rings. The molecule has 0 saturated carbocycles. The van der Waals surface area contributed by atoms with Gasteiger partial charge in [-0.15, -0.1) is 0 Å². The number of benzene rings is 3. The minimum atomic E-state index is -4.43. The first kappa shape index (κ1) is 33.2. The summed E-state index contributed by atoms with van der Waals surface area (Å²) in [7, 11) is -4.43. The number of hydrogen-bond acceptors (Lipinski definition) is 6. The van der Waals surface area contributed by atoms with Crippen molar-refractivity contribution in [3.05, 3.63) is 87.9 Å². The van der Waals surface area contributed by atoms with Crippen LogP contribution in [0.25, 0.3) is 12.2 Å². The molecule has 3 aromatic carbocycles. The molecule has 0 aromatic heterocycles. The molecule has 0 amide bonds. The van der Waals surface area contributed by atoms with Crippen molar-refractivity contribution in [1.82, 2.24) is 0 Å². The second-order valence-electron chi connectivity index (χ2n) is 6.26. The number of anilines is 2. The SMILES string of the molecule is Nc1ccccc1/C=C/c1ccccc1N.O=S(=O)(O)OCCOc1ccc(Cl)cc1Cl.[H-].[H-].[Na+].[Na+]. The summed E-state index contributed by atoms with van der Waals surface area (Å²) >= 11 is 11.4. The van der Waals surface area contributed by atoms with Crippen LogP contribution in [-0.4, -0.2) is 26.2 Å². The van der Waals surface area contributed by atoms with Gasteiger partial charge in [0.2, 0.25) is 0 Å². The number of hydrogen-bond donors (Lipinski definition) is 3. The van der Waals surface area contributed by atoms with Gasteiger partial charge >= 0.3 is 69.5 Å². The molecule has 0 heterocycles. The van der Waals surface area contributed by atoms with Crippen LogP contribution in [-0.2, 0) is 14.6 Å². The molecular weight excluding hydrogens is 521 g/mol. The molecule has 12 heteroatoms. The molecule has 0 atom stereocenters. The average molecular weight is 545 g/mol. The molecule has 7 nitrogen and oxygen atoms in total. The Morgan fingerprint density at radius 3 is 1.79 bits per heavy atom. The fourth-order valence-corrected chi connectivity index (χ4v) is 3.13. The monoisotopic (exact) mass is 544 g/mol. The Kier molecular flexibility index (Phi) is 16.5. The zero-order valence-corrected chi connectivity index (χ0v) is 25.1. The molecule has 0 aliphatic heterocycles. The van der Waals surface area contributed by atoms with Crippen LogP contribution >= 0.6 is 23.2 Å². The minimum absolute atomic E-state index is 0. The maximum absolute atomic E-state index is 10.2. The predicted octanol–water partition coefficient (Wildman–Crippen LogP) is -0.554. The van der Waals surface area contributed by atoms with E-state index in [1.165, 1.54) is 12.1 Å². The van der Waals surface area contributed by atoms with Crippen molar-refractivity contribution in [2.24, 2.45) is 0 Å². The van der Waals surface area contributed by atoms with Gasteiger partial charge < -0.3 is 19.1 Å². The van der Waals surface area contributed by atoms with Crippen LogP contribution in [0.5, 0.6) is 5.75 Å². The van der Waals surface area contributed by atoms with E-state index in [1.807, 2.05) is 60.7 Å². The predicted molar refractivity (Wildman–Crippen MR) is 132 cm³/mol. The van der Waals surface area contributed by atoms with Crippen molar-refractivity contribution in [2.45, 2.75) is 0 Å². The maximum Gasteiger partial charge on any atom is 1.00 e. The third-order valence-electron chi connectivity index (χ3n) is 3.90. The molecule has 0 fully saturated rings. The van der Waals surface area contributed by atoms with Gasteiger partial charge in [0.15, 0.2) is 0 Å². The summed E-state index contributed by atoms with van der Waals surface area (Å²) in [5.41, 5.74) is 15.2. The molecule has 0 spiro atoms. The Morgan fingerprint density at radius 2 is 1.35 bits per heavy atom. The first-order chi connectivity index (χ1) is 15.2. The molecule has 0 radical (unpaired) electrons. The Morgan fingerprint density at radius 1 is 0.853 bits per heavy atom. The quantitative estimate of drug-likeness (QED) is 0.120. The first-order valence-corrected chi connectivity index (χ1v) is 11.3. The fourth-order valence-electron chi connectivity index (χ4n) is 2.39. The Balaban J connectivity index is -0.000000544. The molecule has 0 saturated heterocycles. The average Bonchev–Trinajstić information content (AvgIpc) is 2.73. The van der Waals surface area contributed by atoms with E-state index in [2.05, 4.69) is 4.18 Å². The van der Waals surface area contributed by atoms with Crippen molar-refractivity contribution in [2.75, 3.05) is 24.7 Å². The zero-order chi connectivity index (χ0) is 23.6. The number of ether oxygens (including phenoxy) is 1. The zero-order valence-electron chi connectivity index (χ0n) is 20.8. The maximum atomic E-state index is 10.2. The number of halogens is 2. The molecule has 0 bridgehead atoms. The van der Waals surface area contributed by atoms with E-state index in [4.69, 9.17) is 44.0 Å². The van der Waals surface area contributed by atoms with Crippen LogP contribution in [0.2, 0.25) is 10.0 Å². The van der Waals surface area contributed by atoms with Crippen molar-refractivity contribution >= 4 is 57.1 Å². The summed E-state index contributed by atoms with van der Waals surface area (Å²) in [6.45, 7) is -0.376. The number of nitrogen functional groups attached to an aromatic ring is 2. The van der Waals surface area contributed by atoms with Gasteiger partial charge in [-0.1, -0.05) is 71.8 Å². The van der Waals surface area contributed by atoms with Gasteiger partial charge in [-0.05, 0) is 41.5 Å². The first-order valence-electron chi connectivity index (χ1n) is 9.22. The van der Waals surface area contributed by atoms with Crippen molar-refractivity contribution in [1.29, 1.82) is 0 Å². The Hall–Kier alpha value is -0.750. The topological polar surface area (TPSA) is 125 Å². The van der Waals surface area contributed by atoms with E-state index >= 15 is 0 Å². The molecular formula is C22H24Cl2N2Na2O5S. The summed E-state index contributed by atoms with van der Waals surface area (Å²) in [5.74, 6) is 0.352. The molecule has 34 heavy (non-hydrogen) atoms. The molecule has 3 rings (SSSR count). The smallest absolute Gasteiger partial charge is 1.00 e. The second-order valence-corrected chi connectivity index (χ2v) is 8.20. The van der Waals surface area contributed by atoms with Gasteiger partial charge in [0.05, 0.1) is 5.02 Å². The number of para-hydroxylation sites is 2. The largest absolute Gasteiger partial charge is 1.00 e. The Bertz CT molecular complexity index is 1150. The summed E-state index contributed by atoms with van der Waals surface area (Å²) in [5, 5.41) is 0.769. The summed E-state index contributed by atoms with van der Waals surface area (Å²) < 4.78 is 37.8. The van der Waals surface area contributed by atoms with Gasteiger partial charge in [0.1, 0.15) is 19.0 Å². The van der Waals surface area contributed by atoms with Gasteiger partial charge in [-0.25, -0.2) is 4.18 Å². The van der Waals surface area contributed by atoms with Crippen LogP contribution in [0, 0.1) is 0 Å². The van der Waals surface area contributed by atoms with Crippen LogP contribution in [0.15, 0.2) is 66.7 Å². The minimum Gasteiger partial charge on any atom is -1.00 e. The van der Waals surface area contributed by atoms with E-state index in [0.29, 0.717) is 15.8 Å². The van der Waals surface area contributed by atoms with Crippen molar-refractivity contribution < 1.29 is 83.9 Å². The third-order valence-corrected chi connectivity index (χ3v) is 4.90. The van der Waals surface area contributed by atoms with Crippen LogP contribution in [0.1, 0.15) is 14.0 Å². The van der Waals surface area contributed by atoms with E-state index in [-0.39, 0.29) is 75.2 Å². The molecule has 0 unspecified atom stereocenters. The standard InChI is InChI=1S/C14H14N2.C8H8Cl2O5S.2Na.2H/c15-13-7-3-1-5-11(13)9-10-12-6-2-4-8-14(12)16;9-6-1-2-8(7(10)5-6)14-3-4-15-16(11,12)13;;;;/h1-10H,15-16H2;1-2,5H,3-4H2,(H,11,12,13);;;;/q;;2*+1;2*-1/b10-9+;;;;;. The summed E-state index contributed by atoms with van der Waals surface area (Å²) in [6.07, 6.45) is 3.95. The van der Waals surface area contributed by atoms with Gasteiger partial charge in [0.25, 0.3) is 0 Å². The third kappa shape index (κ3) is 12.8. The number of rotatable bonds is 7. The molecule has 5 N–H and O–H groups in total. The summed E-state index contributed by atoms with van der Waals surface area (Å²) in [6, 6.07) is 20.1. The van der Waals surface area contributed by atoms with Crippen molar-refractivity contribution in [3.63, 3.8) is 0 Å². The van der Waals surface area contributed by atoms with E-state index in [1.54, 1.807) is 6.07 Å². The fraction of sp³-hybridized carbons (Fsp3) is 0.0909. The number of nitrogens with two attached hydrogens (primary N) is 2. The van der Waals surface area contributed by atoms with Crippen LogP contribution in [0.3, 0.4) is 0 Å². The van der Waals surface area contributed by atoms with E-state index < -0.39 is 10.4 Å². The Labute approximate surface area is 256 Å².